The third kappa shape index (κ3) is 3.38. The van der Waals surface area contributed by atoms with Gasteiger partial charge in [-0.1, -0.05) is 13.8 Å². The maximum Gasteiger partial charge on any atom is 0.216 e. The molecular weight excluding hydrogens is 226 g/mol. The predicted octanol–water partition coefficient (Wildman–Crippen LogP) is -1.37. The Morgan fingerprint density at radius 3 is 2.29 bits per heavy atom. The molecule has 0 bridgehead atoms. The average Bonchev–Trinajstić information content (AvgIpc) is 2.24. The molecule has 1 aliphatic rings. The Morgan fingerprint density at radius 1 is 1.24 bits per heavy atom. The predicted molar refractivity (Wildman–Crippen MR) is 60.2 cm³/mol. The number of aliphatic hydroxyl groups is 3. The van der Waals surface area contributed by atoms with Crippen LogP contribution in [0.15, 0.2) is 0 Å². The van der Waals surface area contributed by atoms with E-state index < -0.39 is 30.5 Å². The van der Waals surface area contributed by atoms with Gasteiger partial charge >= 0.3 is 0 Å². The van der Waals surface area contributed by atoms with Crippen molar-refractivity contribution >= 4 is 5.91 Å². The molecule has 6 nitrogen and oxygen atoms in total. The molecule has 1 saturated heterocycles. The number of carbonyl (C=O) groups is 1. The van der Waals surface area contributed by atoms with Crippen LogP contribution in [0, 0.1) is 5.92 Å². The third-order valence-corrected chi connectivity index (χ3v) is 2.96. The number of hydrogen-bond acceptors (Lipinski definition) is 5. The van der Waals surface area contributed by atoms with Crippen molar-refractivity contribution in [2.75, 3.05) is 6.54 Å². The fourth-order valence-corrected chi connectivity index (χ4v) is 1.94. The monoisotopic (exact) mass is 247 g/mol. The molecular formula is C11H21NO5. The van der Waals surface area contributed by atoms with Crippen LogP contribution in [0.25, 0.3) is 0 Å². The normalized spacial score (nSPS) is 38.2. The minimum atomic E-state index is -1.25. The molecule has 0 radical (unpaired) electrons. The van der Waals surface area contributed by atoms with Crippen LogP contribution in [0.3, 0.4) is 0 Å². The Morgan fingerprint density at radius 2 is 1.82 bits per heavy atom. The highest BCUT2D eigenvalue weighted by atomic mass is 16.5. The third-order valence-electron chi connectivity index (χ3n) is 2.96. The number of aliphatic hydroxyl groups excluding tert-OH is 3. The van der Waals surface area contributed by atoms with E-state index in [0.717, 1.165) is 0 Å². The summed E-state index contributed by atoms with van der Waals surface area (Å²) in [5.74, 6) is -0.227. The summed E-state index contributed by atoms with van der Waals surface area (Å²) < 4.78 is 5.52. The summed E-state index contributed by atoms with van der Waals surface area (Å²) in [6, 6.07) is 0. The molecule has 4 N–H and O–H groups in total. The van der Waals surface area contributed by atoms with Crippen LogP contribution in [0.1, 0.15) is 20.8 Å². The Balaban J connectivity index is 2.67. The Bertz CT molecular complexity index is 271. The first-order valence-corrected chi connectivity index (χ1v) is 5.78. The van der Waals surface area contributed by atoms with Crippen LogP contribution in [0.4, 0.5) is 0 Å². The second-order valence-electron chi connectivity index (χ2n) is 4.79. The van der Waals surface area contributed by atoms with Crippen molar-refractivity contribution in [3.05, 3.63) is 0 Å². The van der Waals surface area contributed by atoms with E-state index >= 15 is 0 Å². The highest BCUT2D eigenvalue weighted by molar-refractivity contribution is 5.72. The van der Waals surface area contributed by atoms with Crippen LogP contribution >= 0.6 is 0 Å². The van der Waals surface area contributed by atoms with Crippen molar-refractivity contribution in [1.29, 1.82) is 0 Å². The fraction of sp³-hybridized carbons (Fsp3) is 0.909. The van der Waals surface area contributed by atoms with Gasteiger partial charge in [-0.2, -0.15) is 0 Å². The largest absolute Gasteiger partial charge is 0.388 e. The molecule has 5 atom stereocenters. The molecule has 1 heterocycles. The van der Waals surface area contributed by atoms with Crippen molar-refractivity contribution < 1.29 is 24.9 Å². The SMILES string of the molecule is CC(=O)NCC1O[C@@H](C(C)C)[C@@H](O)C(O)[C@@H]1O. The number of amides is 1. The van der Waals surface area contributed by atoms with Gasteiger partial charge in [0.05, 0.1) is 6.10 Å². The molecule has 0 saturated carbocycles. The van der Waals surface area contributed by atoms with Gasteiger partial charge in [0.15, 0.2) is 0 Å². The lowest BCUT2D eigenvalue weighted by molar-refractivity contribution is -0.230. The molecule has 2 unspecified atom stereocenters. The minimum Gasteiger partial charge on any atom is -0.388 e. The maximum atomic E-state index is 10.8. The number of hydrogen-bond donors (Lipinski definition) is 4. The second-order valence-corrected chi connectivity index (χ2v) is 4.79. The van der Waals surface area contributed by atoms with E-state index in [1.165, 1.54) is 6.92 Å². The topological polar surface area (TPSA) is 99.0 Å². The fourth-order valence-electron chi connectivity index (χ4n) is 1.94. The molecule has 0 aromatic carbocycles. The Labute approximate surface area is 101 Å². The number of ether oxygens (including phenoxy) is 1. The van der Waals surface area contributed by atoms with Crippen molar-refractivity contribution in [1.82, 2.24) is 5.32 Å². The van der Waals surface area contributed by atoms with Gasteiger partial charge in [-0.15, -0.1) is 0 Å². The lowest BCUT2D eigenvalue weighted by Gasteiger charge is -2.42. The van der Waals surface area contributed by atoms with Crippen molar-refractivity contribution in [3.8, 4) is 0 Å². The smallest absolute Gasteiger partial charge is 0.216 e. The summed E-state index contributed by atoms with van der Waals surface area (Å²) in [4.78, 5) is 10.8. The molecule has 1 fully saturated rings. The lowest BCUT2D eigenvalue weighted by atomic mass is 9.89. The summed E-state index contributed by atoms with van der Waals surface area (Å²) in [6.45, 7) is 5.19. The Kier molecular flexibility index (Phi) is 4.88. The molecule has 6 heteroatoms. The molecule has 1 rings (SSSR count). The first-order valence-electron chi connectivity index (χ1n) is 5.78. The quantitative estimate of drug-likeness (QED) is 0.493. The van der Waals surface area contributed by atoms with Crippen LogP contribution in [-0.2, 0) is 9.53 Å². The van der Waals surface area contributed by atoms with Gasteiger partial charge in [-0.3, -0.25) is 4.79 Å². The van der Waals surface area contributed by atoms with E-state index in [-0.39, 0.29) is 18.4 Å². The van der Waals surface area contributed by atoms with Crippen molar-refractivity contribution in [2.24, 2.45) is 5.92 Å². The van der Waals surface area contributed by atoms with Gasteiger partial charge in [-0.05, 0) is 5.92 Å². The van der Waals surface area contributed by atoms with E-state index in [4.69, 9.17) is 4.74 Å². The molecule has 1 amide bonds. The number of carbonyl (C=O) groups excluding carboxylic acids is 1. The molecule has 0 aromatic heterocycles. The van der Waals surface area contributed by atoms with E-state index in [2.05, 4.69) is 5.32 Å². The molecule has 0 aliphatic carbocycles. The first kappa shape index (κ1) is 14.4. The molecule has 17 heavy (non-hydrogen) atoms. The van der Waals surface area contributed by atoms with Gasteiger partial charge in [0, 0.05) is 13.5 Å². The first-order chi connectivity index (χ1) is 7.84. The second kappa shape index (κ2) is 5.77. The Hall–Kier alpha value is -0.690. The standard InChI is InChI=1S/C11H21NO5/c1-5(2)11-10(16)9(15)8(14)7(17-11)4-12-6(3)13/h5,7-11,14-16H,4H2,1-3H3,(H,12,13)/t7?,8-,9?,10+,11+/m1/s1. The molecule has 0 aromatic rings. The summed E-state index contributed by atoms with van der Waals surface area (Å²) >= 11 is 0. The lowest BCUT2D eigenvalue weighted by Crippen LogP contribution is -2.61. The summed E-state index contributed by atoms with van der Waals surface area (Å²) in [5.41, 5.74) is 0. The zero-order valence-electron chi connectivity index (χ0n) is 10.3. The maximum absolute atomic E-state index is 10.8. The van der Waals surface area contributed by atoms with Gasteiger partial charge in [-0.25, -0.2) is 0 Å². The van der Waals surface area contributed by atoms with Crippen molar-refractivity contribution in [2.45, 2.75) is 51.3 Å². The van der Waals surface area contributed by atoms with Crippen molar-refractivity contribution in [3.63, 3.8) is 0 Å². The van der Waals surface area contributed by atoms with Crippen LogP contribution in [-0.4, -0.2) is 58.3 Å². The van der Waals surface area contributed by atoms with Gasteiger partial charge < -0.3 is 25.4 Å². The van der Waals surface area contributed by atoms with E-state index in [9.17, 15) is 20.1 Å². The van der Waals surface area contributed by atoms with Crippen LogP contribution in [0.2, 0.25) is 0 Å². The van der Waals surface area contributed by atoms with E-state index in [1.807, 2.05) is 13.8 Å². The highest BCUT2D eigenvalue weighted by Gasteiger charge is 2.44. The summed E-state index contributed by atoms with van der Waals surface area (Å²) in [5, 5.41) is 31.7. The highest BCUT2D eigenvalue weighted by Crippen LogP contribution is 2.25. The van der Waals surface area contributed by atoms with Crippen LogP contribution < -0.4 is 5.32 Å². The molecule has 0 spiro atoms. The summed E-state index contributed by atoms with van der Waals surface area (Å²) in [6.07, 6.45) is -4.82. The zero-order valence-corrected chi connectivity index (χ0v) is 10.3. The minimum absolute atomic E-state index is 0.00646. The van der Waals surface area contributed by atoms with Crippen LogP contribution in [0.5, 0.6) is 0 Å². The van der Waals surface area contributed by atoms with Gasteiger partial charge in [0.1, 0.15) is 24.4 Å². The summed E-state index contributed by atoms with van der Waals surface area (Å²) in [7, 11) is 0. The van der Waals surface area contributed by atoms with Gasteiger partial charge in [0.2, 0.25) is 5.91 Å². The van der Waals surface area contributed by atoms with E-state index in [1.54, 1.807) is 0 Å². The molecule has 1 aliphatic heterocycles. The number of nitrogens with one attached hydrogen (secondary N) is 1. The zero-order chi connectivity index (χ0) is 13.2. The van der Waals surface area contributed by atoms with E-state index in [0.29, 0.717) is 0 Å². The molecule has 100 valence electrons. The number of rotatable bonds is 3. The average molecular weight is 247 g/mol. The van der Waals surface area contributed by atoms with Gasteiger partial charge in [0.25, 0.3) is 0 Å².